The predicted octanol–water partition coefficient (Wildman–Crippen LogP) is 2.96. The zero-order valence-corrected chi connectivity index (χ0v) is 7.95. The van der Waals surface area contributed by atoms with E-state index in [0.29, 0.717) is 0 Å². The van der Waals surface area contributed by atoms with E-state index in [4.69, 9.17) is 0 Å². The van der Waals surface area contributed by atoms with Crippen molar-refractivity contribution in [3.8, 4) is 0 Å². The molecule has 0 spiro atoms. The Morgan fingerprint density at radius 1 is 1.36 bits per heavy atom. The van der Waals surface area contributed by atoms with Crippen molar-refractivity contribution in [3.05, 3.63) is 24.3 Å². The highest BCUT2D eigenvalue weighted by Crippen LogP contribution is 2.23. The quantitative estimate of drug-likeness (QED) is 0.814. The number of hydrogen-bond acceptors (Lipinski definition) is 2. The average Bonchev–Trinajstić information content (AvgIpc) is 2.46. The van der Waals surface area contributed by atoms with Gasteiger partial charge in [-0.25, -0.2) is 4.98 Å². The Kier molecular flexibility index (Phi) is 1.87. The van der Waals surface area contributed by atoms with Crippen LogP contribution in [0, 0.1) is 0 Å². The summed E-state index contributed by atoms with van der Waals surface area (Å²) in [6.07, 6.45) is 0. The Hall–Kier alpha value is -0.480. The van der Waals surface area contributed by atoms with Crippen LogP contribution in [0.25, 0.3) is 11.0 Å². The van der Waals surface area contributed by atoms with Crippen molar-refractivity contribution in [1.82, 2.24) is 9.97 Å². The van der Waals surface area contributed by atoms with Gasteiger partial charge in [-0.15, -0.1) is 0 Å². The zero-order chi connectivity index (χ0) is 7.68. The molecular formula is C7H5BrN2S. The van der Waals surface area contributed by atoms with Gasteiger partial charge in [0.25, 0.3) is 0 Å². The standard InChI is InChI=1S/C7H5BrN2S/c8-11-7-9-5-3-1-2-4-6(5)10-7/h1-4H,(H,9,10). The number of benzene rings is 1. The molecule has 0 fully saturated rings. The van der Waals surface area contributed by atoms with Crippen LogP contribution in [0.15, 0.2) is 29.4 Å². The molecule has 4 heteroatoms. The minimum Gasteiger partial charge on any atom is -0.332 e. The summed E-state index contributed by atoms with van der Waals surface area (Å²) in [5.41, 5.74) is 2.09. The number of para-hydroxylation sites is 2. The van der Waals surface area contributed by atoms with Gasteiger partial charge in [0.1, 0.15) is 0 Å². The first-order chi connectivity index (χ1) is 5.40. The number of imidazole rings is 1. The molecule has 1 aromatic carbocycles. The normalized spacial score (nSPS) is 10.6. The van der Waals surface area contributed by atoms with Crippen LogP contribution in [0.3, 0.4) is 0 Å². The van der Waals surface area contributed by atoms with Crippen molar-refractivity contribution in [1.29, 1.82) is 0 Å². The molecule has 0 aliphatic carbocycles. The third kappa shape index (κ3) is 1.28. The topological polar surface area (TPSA) is 28.7 Å². The van der Waals surface area contributed by atoms with Crippen molar-refractivity contribution in [2.24, 2.45) is 0 Å². The van der Waals surface area contributed by atoms with Gasteiger partial charge in [0.05, 0.1) is 11.0 Å². The fourth-order valence-corrected chi connectivity index (χ4v) is 1.71. The Morgan fingerprint density at radius 3 is 2.91 bits per heavy atom. The Labute approximate surface area is 75.6 Å². The maximum Gasteiger partial charge on any atom is 0.177 e. The SMILES string of the molecule is BrSc1nc2ccccc2[nH]1. The summed E-state index contributed by atoms with van der Waals surface area (Å²) in [7, 11) is 1.44. The molecule has 0 saturated carbocycles. The van der Waals surface area contributed by atoms with Crippen molar-refractivity contribution in [2.75, 3.05) is 0 Å². The molecule has 11 heavy (non-hydrogen) atoms. The van der Waals surface area contributed by atoms with E-state index >= 15 is 0 Å². The molecule has 0 amide bonds. The number of halogens is 1. The molecular weight excluding hydrogens is 224 g/mol. The van der Waals surface area contributed by atoms with E-state index in [0.717, 1.165) is 16.2 Å². The number of rotatable bonds is 1. The molecule has 0 radical (unpaired) electrons. The molecule has 1 aromatic heterocycles. The number of fused-ring (bicyclic) bond motifs is 1. The molecule has 0 bridgehead atoms. The van der Waals surface area contributed by atoms with Gasteiger partial charge >= 0.3 is 0 Å². The first-order valence-electron chi connectivity index (χ1n) is 3.13. The van der Waals surface area contributed by atoms with Gasteiger partial charge in [-0.2, -0.15) is 0 Å². The van der Waals surface area contributed by atoms with E-state index in [2.05, 4.69) is 24.8 Å². The Balaban J connectivity index is 2.69. The van der Waals surface area contributed by atoms with Gasteiger partial charge in [0.2, 0.25) is 0 Å². The lowest BCUT2D eigenvalue weighted by molar-refractivity contribution is 1.09. The van der Waals surface area contributed by atoms with Crippen LogP contribution < -0.4 is 0 Å². The summed E-state index contributed by atoms with van der Waals surface area (Å²) in [5, 5.41) is 0.895. The van der Waals surface area contributed by atoms with E-state index < -0.39 is 0 Å². The molecule has 1 N–H and O–H groups in total. The summed E-state index contributed by atoms with van der Waals surface area (Å²) in [5.74, 6) is 0. The Morgan fingerprint density at radius 2 is 2.18 bits per heavy atom. The van der Waals surface area contributed by atoms with E-state index in [1.54, 1.807) is 0 Å². The number of aromatic nitrogens is 2. The van der Waals surface area contributed by atoms with Gasteiger partial charge < -0.3 is 4.98 Å². The summed E-state index contributed by atoms with van der Waals surface area (Å²) in [4.78, 5) is 7.44. The molecule has 0 unspecified atom stereocenters. The van der Waals surface area contributed by atoms with Crippen LogP contribution in [0.2, 0.25) is 0 Å². The van der Waals surface area contributed by atoms with Crippen LogP contribution in [-0.4, -0.2) is 9.97 Å². The van der Waals surface area contributed by atoms with Crippen LogP contribution in [-0.2, 0) is 0 Å². The van der Waals surface area contributed by atoms with Gasteiger partial charge in [-0.1, -0.05) is 12.1 Å². The third-order valence-electron chi connectivity index (χ3n) is 1.44. The van der Waals surface area contributed by atoms with Gasteiger partial charge in [0, 0.05) is 0 Å². The minimum absolute atomic E-state index is 0.895. The number of H-pyrrole nitrogens is 1. The van der Waals surface area contributed by atoms with E-state index in [1.807, 2.05) is 24.3 Å². The molecule has 0 atom stereocenters. The lowest BCUT2D eigenvalue weighted by atomic mass is 10.3. The van der Waals surface area contributed by atoms with Crippen molar-refractivity contribution >= 4 is 36.0 Å². The van der Waals surface area contributed by atoms with E-state index in [9.17, 15) is 0 Å². The van der Waals surface area contributed by atoms with Crippen molar-refractivity contribution < 1.29 is 0 Å². The molecule has 0 saturated heterocycles. The van der Waals surface area contributed by atoms with Crippen LogP contribution >= 0.6 is 25.0 Å². The second kappa shape index (κ2) is 2.87. The molecule has 56 valence electrons. The second-order valence-electron chi connectivity index (χ2n) is 2.14. The largest absolute Gasteiger partial charge is 0.332 e. The minimum atomic E-state index is 0.895. The molecule has 2 rings (SSSR count). The smallest absolute Gasteiger partial charge is 0.177 e. The maximum atomic E-state index is 4.29. The predicted molar refractivity (Wildman–Crippen MR) is 50.9 cm³/mol. The first-order valence-corrected chi connectivity index (χ1v) is 5.79. The van der Waals surface area contributed by atoms with Crippen molar-refractivity contribution in [2.45, 2.75) is 5.16 Å². The summed E-state index contributed by atoms with van der Waals surface area (Å²) >= 11 is 3.26. The summed E-state index contributed by atoms with van der Waals surface area (Å²) in [6.45, 7) is 0. The summed E-state index contributed by atoms with van der Waals surface area (Å²) in [6, 6.07) is 7.96. The number of nitrogens with zero attached hydrogens (tertiary/aromatic N) is 1. The maximum absolute atomic E-state index is 4.29. The molecule has 2 nitrogen and oxygen atoms in total. The monoisotopic (exact) mass is 228 g/mol. The summed E-state index contributed by atoms with van der Waals surface area (Å²) < 4.78 is 0. The first kappa shape index (κ1) is 7.18. The fourth-order valence-electron chi connectivity index (χ4n) is 0.966. The molecule has 0 aliphatic rings. The molecule has 2 aromatic rings. The highest BCUT2D eigenvalue weighted by atomic mass is 79.9. The van der Waals surface area contributed by atoms with E-state index in [1.165, 1.54) is 10.2 Å². The lowest BCUT2D eigenvalue weighted by Gasteiger charge is -1.81. The highest BCUT2D eigenvalue weighted by molar-refractivity contribution is 9.50. The van der Waals surface area contributed by atoms with Crippen LogP contribution in [0.5, 0.6) is 0 Å². The van der Waals surface area contributed by atoms with Gasteiger partial charge in [0.15, 0.2) is 5.16 Å². The number of aromatic amines is 1. The lowest BCUT2D eigenvalue weighted by Crippen LogP contribution is -1.64. The fraction of sp³-hybridized carbons (Fsp3) is 0. The average molecular weight is 229 g/mol. The molecule has 0 aliphatic heterocycles. The van der Waals surface area contributed by atoms with Gasteiger partial charge in [-0.05, 0) is 37.1 Å². The number of nitrogens with one attached hydrogen (secondary N) is 1. The van der Waals surface area contributed by atoms with Crippen LogP contribution in [0.1, 0.15) is 0 Å². The zero-order valence-electron chi connectivity index (χ0n) is 5.54. The van der Waals surface area contributed by atoms with Crippen LogP contribution in [0.4, 0.5) is 0 Å². The highest BCUT2D eigenvalue weighted by Gasteiger charge is 1.98. The second-order valence-corrected chi connectivity index (χ2v) is 3.65. The van der Waals surface area contributed by atoms with Crippen molar-refractivity contribution in [3.63, 3.8) is 0 Å². The Bertz CT molecular complexity index is 338. The number of hydrogen-bond donors (Lipinski definition) is 1. The molecule has 1 heterocycles. The third-order valence-corrected chi connectivity index (χ3v) is 2.70. The van der Waals surface area contributed by atoms with Gasteiger partial charge in [-0.3, -0.25) is 0 Å². The van der Waals surface area contributed by atoms with E-state index in [-0.39, 0.29) is 0 Å².